The number of nitrogens with zero attached hydrogens (tertiary/aromatic N) is 3. The predicted molar refractivity (Wildman–Crippen MR) is 100 cm³/mol. The molecule has 0 saturated carbocycles. The van der Waals surface area contributed by atoms with Crippen molar-refractivity contribution < 1.29 is 14.7 Å². The lowest BCUT2D eigenvalue weighted by atomic mass is 10.2. The number of rotatable bonds is 3. The van der Waals surface area contributed by atoms with Crippen molar-refractivity contribution in [1.29, 1.82) is 0 Å². The van der Waals surface area contributed by atoms with Crippen molar-refractivity contribution in [3.05, 3.63) is 26.5 Å². The second-order valence-corrected chi connectivity index (χ2v) is 8.10. The van der Waals surface area contributed by atoms with Crippen LogP contribution in [0.25, 0.3) is 4.96 Å². The first kappa shape index (κ1) is 18.0. The molecular formula is C18H22N4O4S. The van der Waals surface area contributed by atoms with Gasteiger partial charge in [0.05, 0.1) is 6.54 Å². The van der Waals surface area contributed by atoms with Gasteiger partial charge in [-0.05, 0) is 38.5 Å². The smallest absolute Gasteiger partial charge is 0.275 e. The number of aromatic hydroxyl groups is 1. The van der Waals surface area contributed by atoms with Gasteiger partial charge in [-0.1, -0.05) is 6.42 Å². The van der Waals surface area contributed by atoms with Crippen molar-refractivity contribution in [3.8, 4) is 5.88 Å². The van der Waals surface area contributed by atoms with Gasteiger partial charge in [0.15, 0.2) is 10.5 Å². The van der Waals surface area contributed by atoms with E-state index in [-0.39, 0.29) is 12.5 Å². The summed E-state index contributed by atoms with van der Waals surface area (Å²) in [5, 5.41) is 12.6. The fourth-order valence-corrected chi connectivity index (χ4v) is 5.01. The van der Waals surface area contributed by atoms with E-state index in [0.29, 0.717) is 18.1 Å². The number of carbonyl (C=O) groups excluding carboxylic acids is 2. The number of aromatic nitrogens is 2. The maximum absolute atomic E-state index is 13.0. The lowest BCUT2D eigenvalue weighted by Crippen LogP contribution is -2.40. The second-order valence-electron chi connectivity index (χ2n) is 7.04. The first-order valence-corrected chi connectivity index (χ1v) is 10.2. The van der Waals surface area contributed by atoms with E-state index >= 15 is 0 Å². The van der Waals surface area contributed by atoms with Crippen molar-refractivity contribution in [1.82, 2.24) is 19.6 Å². The number of fused-ring (bicyclic) bond motifs is 3. The fraction of sp³-hybridized carbons (Fsp3) is 0.556. The maximum atomic E-state index is 13.0. The Morgan fingerprint density at radius 2 is 1.85 bits per heavy atom. The lowest BCUT2D eigenvalue weighted by molar-refractivity contribution is -0.129. The van der Waals surface area contributed by atoms with Gasteiger partial charge in [-0.15, -0.1) is 11.3 Å². The van der Waals surface area contributed by atoms with E-state index in [1.807, 2.05) is 0 Å². The van der Waals surface area contributed by atoms with Crippen LogP contribution in [0.2, 0.25) is 0 Å². The van der Waals surface area contributed by atoms with Crippen LogP contribution in [-0.2, 0) is 17.6 Å². The molecule has 4 rings (SSSR count). The van der Waals surface area contributed by atoms with Crippen molar-refractivity contribution in [2.75, 3.05) is 19.6 Å². The summed E-state index contributed by atoms with van der Waals surface area (Å²) in [6, 6.07) is 0. The molecule has 3 heterocycles. The molecule has 8 nitrogen and oxygen atoms in total. The summed E-state index contributed by atoms with van der Waals surface area (Å²) in [4.78, 5) is 44.8. The first-order chi connectivity index (χ1) is 13.1. The summed E-state index contributed by atoms with van der Waals surface area (Å²) in [5.74, 6) is -1.53. The minimum absolute atomic E-state index is 0.182. The van der Waals surface area contributed by atoms with E-state index in [1.54, 1.807) is 4.90 Å². The summed E-state index contributed by atoms with van der Waals surface area (Å²) in [6.45, 7) is 1.19. The van der Waals surface area contributed by atoms with Crippen LogP contribution in [0.4, 0.5) is 0 Å². The topological polar surface area (TPSA) is 104 Å². The molecule has 0 aromatic carbocycles. The number of hydrogen-bond donors (Lipinski definition) is 2. The van der Waals surface area contributed by atoms with Gasteiger partial charge in [-0.25, -0.2) is 0 Å². The van der Waals surface area contributed by atoms with Gasteiger partial charge < -0.3 is 15.3 Å². The molecule has 144 valence electrons. The highest BCUT2D eigenvalue weighted by molar-refractivity contribution is 7.17. The molecule has 0 atom stereocenters. The zero-order valence-electron chi connectivity index (χ0n) is 15.0. The van der Waals surface area contributed by atoms with Crippen molar-refractivity contribution >= 4 is 28.1 Å². The predicted octanol–water partition coefficient (Wildman–Crippen LogP) is 1.08. The monoisotopic (exact) mass is 390 g/mol. The minimum Gasteiger partial charge on any atom is -0.492 e. The quantitative estimate of drug-likeness (QED) is 0.764. The van der Waals surface area contributed by atoms with E-state index < -0.39 is 22.9 Å². The Kier molecular flexibility index (Phi) is 4.86. The third-order valence-corrected chi connectivity index (χ3v) is 6.39. The minimum atomic E-state index is -0.763. The average molecular weight is 390 g/mol. The highest BCUT2D eigenvalue weighted by Gasteiger charge is 2.26. The molecule has 0 unspecified atom stereocenters. The molecule has 1 saturated heterocycles. The molecule has 2 amide bonds. The SMILES string of the molecule is O=C(NCC(=O)N1CCCC1)c1c(O)nc2sc3c(n2c1=O)CCCCC3. The van der Waals surface area contributed by atoms with Crippen LogP contribution < -0.4 is 10.9 Å². The zero-order valence-corrected chi connectivity index (χ0v) is 15.8. The number of aryl methyl sites for hydroxylation is 2. The number of nitrogens with one attached hydrogen (secondary N) is 1. The van der Waals surface area contributed by atoms with Crippen LogP contribution >= 0.6 is 11.3 Å². The molecule has 1 aliphatic heterocycles. The largest absolute Gasteiger partial charge is 0.492 e. The molecule has 2 N–H and O–H groups in total. The van der Waals surface area contributed by atoms with E-state index in [9.17, 15) is 19.5 Å². The fourth-order valence-electron chi connectivity index (χ4n) is 3.81. The molecule has 1 fully saturated rings. The molecule has 27 heavy (non-hydrogen) atoms. The van der Waals surface area contributed by atoms with Crippen molar-refractivity contribution in [2.24, 2.45) is 0 Å². The van der Waals surface area contributed by atoms with Crippen molar-refractivity contribution in [2.45, 2.75) is 44.9 Å². The van der Waals surface area contributed by atoms with Gasteiger partial charge >= 0.3 is 0 Å². The third kappa shape index (κ3) is 3.31. The zero-order chi connectivity index (χ0) is 19.0. The van der Waals surface area contributed by atoms with Crippen LogP contribution in [0.5, 0.6) is 5.88 Å². The highest BCUT2D eigenvalue weighted by atomic mass is 32.1. The Morgan fingerprint density at radius 1 is 1.11 bits per heavy atom. The van der Waals surface area contributed by atoms with E-state index in [4.69, 9.17) is 0 Å². The third-order valence-electron chi connectivity index (χ3n) is 5.24. The number of amides is 2. The van der Waals surface area contributed by atoms with Crippen LogP contribution in [0.1, 0.15) is 53.0 Å². The maximum Gasteiger partial charge on any atom is 0.275 e. The number of thiazole rings is 1. The van der Waals surface area contributed by atoms with Gasteiger partial charge in [-0.2, -0.15) is 4.98 Å². The number of likely N-dealkylation sites (tertiary alicyclic amines) is 1. The standard InChI is InChI=1S/C18H22N4O4S/c23-13(21-8-4-5-9-21)10-19-15(24)14-16(25)20-18-22(17(14)26)11-6-2-1-3-7-12(11)27-18/h25H,1-10H2,(H,19,24). The van der Waals surface area contributed by atoms with E-state index in [1.165, 1.54) is 15.7 Å². The molecule has 2 aromatic rings. The Labute approximate surface area is 159 Å². The van der Waals surface area contributed by atoms with E-state index in [0.717, 1.165) is 55.5 Å². The number of carbonyl (C=O) groups is 2. The summed E-state index contributed by atoms with van der Waals surface area (Å²) in [5.41, 5.74) is -0.0678. The molecule has 1 aliphatic carbocycles. The Morgan fingerprint density at radius 3 is 2.63 bits per heavy atom. The van der Waals surface area contributed by atoms with E-state index in [2.05, 4.69) is 10.3 Å². The van der Waals surface area contributed by atoms with Crippen LogP contribution in [-0.4, -0.2) is 50.8 Å². The lowest BCUT2D eigenvalue weighted by Gasteiger charge is -2.15. The van der Waals surface area contributed by atoms with Gasteiger partial charge in [0.1, 0.15) is 0 Å². The summed E-state index contributed by atoms with van der Waals surface area (Å²) in [7, 11) is 0. The molecule has 9 heteroatoms. The molecule has 0 spiro atoms. The van der Waals surface area contributed by atoms with Crippen LogP contribution in [0, 0.1) is 0 Å². The molecule has 2 aliphatic rings. The molecular weight excluding hydrogens is 368 g/mol. The van der Waals surface area contributed by atoms with Crippen LogP contribution in [0.3, 0.4) is 0 Å². The van der Waals surface area contributed by atoms with Gasteiger partial charge in [0.25, 0.3) is 11.5 Å². The van der Waals surface area contributed by atoms with Crippen molar-refractivity contribution in [3.63, 3.8) is 0 Å². The highest BCUT2D eigenvalue weighted by Crippen LogP contribution is 2.28. The van der Waals surface area contributed by atoms with Gasteiger partial charge in [-0.3, -0.25) is 18.8 Å². The molecule has 0 bridgehead atoms. The average Bonchev–Trinajstić information content (AvgIpc) is 3.23. The van der Waals surface area contributed by atoms with Gasteiger partial charge in [0, 0.05) is 23.7 Å². The summed E-state index contributed by atoms with van der Waals surface area (Å²) >= 11 is 1.40. The Bertz CT molecular complexity index is 958. The first-order valence-electron chi connectivity index (χ1n) is 9.38. The second kappa shape index (κ2) is 7.30. The molecule has 2 aromatic heterocycles. The molecule has 0 radical (unpaired) electrons. The normalized spacial score (nSPS) is 17.0. The van der Waals surface area contributed by atoms with Crippen LogP contribution in [0.15, 0.2) is 4.79 Å². The van der Waals surface area contributed by atoms with Gasteiger partial charge in [0.2, 0.25) is 11.8 Å². The Hall–Kier alpha value is -2.42. The summed E-state index contributed by atoms with van der Waals surface area (Å²) < 4.78 is 1.46. The summed E-state index contributed by atoms with van der Waals surface area (Å²) in [6.07, 6.45) is 6.72. The number of hydrogen-bond acceptors (Lipinski definition) is 6. The Balaban J connectivity index is 1.62.